The number of halogens is 2. The second kappa shape index (κ2) is 14.9. The Morgan fingerprint density at radius 2 is 1.67 bits per heavy atom. The number of carbonyl (C=O) groups is 2. The molecule has 3 aromatic carbocycles. The number of rotatable bonds is 14. The predicted octanol–water partition coefficient (Wildman–Crippen LogP) is 5.03. The van der Waals surface area contributed by atoms with Crippen LogP contribution in [0.5, 0.6) is 11.5 Å². The van der Waals surface area contributed by atoms with Crippen LogP contribution < -0.4 is 19.1 Å². The molecule has 0 fully saturated rings. The number of anilines is 1. The summed E-state index contributed by atoms with van der Waals surface area (Å²) >= 11 is 6.38. The van der Waals surface area contributed by atoms with Crippen LogP contribution in [0, 0.1) is 5.82 Å². The van der Waals surface area contributed by atoms with Gasteiger partial charge in [-0.3, -0.25) is 13.9 Å². The SMILES string of the molecule is CCCCNC(=O)C(C)N(Cc1ccccc1Cl)C(=O)CN(c1ccc(F)cc1)S(=O)(=O)c1ccc(OC)c(OC)c1. The van der Waals surface area contributed by atoms with Crippen LogP contribution in [0.2, 0.25) is 5.02 Å². The quantitative estimate of drug-likeness (QED) is 0.254. The highest BCUT2D eigenvalue weighted by atomic mass is 35.5. The first-order valence-electron chi connectivity index (χ1n) is 13.3. The van der Waals surface area contributed by atoms with Crippen molar-refractivity contribution in [1.82, 2.24) is 10.2 Å². The van der Waals surface area contributed by atoms with Crippen molar-refractivity contribution in [1.29, 1.82) is 0 Å². The molecule has 0 spiro atoms. The van der Waals surface area contributed by atoms with Crippen molar-refractivity contribution >= 4 is 39.1 Å². The van der Waals surface area contributed by atoms with Crippen LogP contribution in [0.1, 0.15) is 32.3 Å². The van der Waals surface area contributed by atoms with E-state index in [0.717, 1.165) is 29.3 Å². The summed E-state index contributed by atoms with van der Waals surface area (Å²) in [5.74, 6) is -1.15. The Balaban J connectivity index is 2.05. The number of hydrogen-bond donors (Lipinski definition) is 1. The Morgan fingerprint density at radius 1 is 1.00 bits per heavy atom. The summed E-state index contributed by atoms with van der Waals surface area (Å²) in [6.45, 7) is 3.27. The van der Waals surface area contributed by atoms with Gasteiger partial charge in [0.05, 0.1) is 24.8 Å². The van der Waals surface area contributed by atoms with E-state index in [2.05, 4.69) is 5.32 Å². The monoisotopic (exact) mass is 619 g/mol. The molecule has 0 saturated heterocycles. The normalized spacial score (nSPS) is 11.9. The van der Waals surface area contributed by atoms with Crippen molar-refractivity contribution < 1.29 is 31.9 Å². The fourth-order valence-corrected chi connectivity index (χ4v) is 5.79. The molecule has 1 N–H and O–H groups in total. The molecular formula is C30H35ClFN3O6S. The molecule has 9 nitrogen and oxygen atoms in total. The molecule has 0 aliphatic rings. The van der Waals surface area contributed by atoms with Crippen LogP contribution in [-0.2, 0) is 26.2 Å². The predicted molar refractivity (Wildman–Crippen MR) is 160 cm³/mol. The summed E-state index contributed by atoms with van der Waals surface area (Å²) in [5.41, 5.74) is 0.633. The molecule has 2 amide bonds. The Morgan fingerprint density at radius 3 is 2.29 bits per heavy atom. The van der Waals surface area contributed by atoms with Gasteiger partial charge >= 0.3 is 0 Å². The molecule has 3 rings (SSSR count). The molecule has 0 aliphatic carbocycles. The van der Waals surface area contributed by atoms with Gasteiger partial charge in [-0.1, -0.05) is 43.1 Å². The zero-order chi connectivity index (χ0) is 30.9. The number of benzene rings is 3. The van der Waals surface area contributed by atoms with Gasteiger partial charge in [-0.25, -0.2) is 12.8 Å². The highest BCUT2D eigenvalue weighted by Crippen LogP contribution is 2.32. The summed E-state index contributed by atoms with van der Waals surface area (Å²) in [6.07, 6.45) is 1.64. The van der Waals surface area contributed by atoms with Crippen molar-refractivity contribution in [2.24, 2.45) is 0 Å². The van der Waals surface area contributed by atoms with Gasteiger partial charge in [-0.2, -0.15) is 0 Å². The molecule has 0 saturated carbocycles. The van der Waals surface area contributed by atoms with E-state index in [-0.39, 0.29) is 28.8 Å². The van der Waals surface area contributed by atoms with Crippen molar-refractivity contribution in [3.63, 3.8) is 0 Å². The Bertz CT molecular complexity index is 1490. The Hall–Kier alpha value is -3.83. The fraction of sp³-hybridized carbons (Fsp3) is 0.333. The summed E-state index contributed by atoms with van der Waals surface area (Å²) in [4.78, 5) is 28.1. The topological polar surface area (TPSA) is 105 Å². The lowest BCUT2D eigenvalue weighted by molar-refractivity contribution is -0.139. The summed E-state index contributed by atoms with van der Waals surface area (Å²) in [6, 6.07) is 14.7. The third-order valence-electron chi connectivity index (χ3n) is 6.63. The Kier molecular flexibility index (Phi) is 11.6. The number of hydrogen-bond acceptors (Lipinski definition) is 6. The van der Waals surface area contributed by atoms with Crippen LogP contribution in [-0.4, -0.2) is 58.5 Å². The van der Waals surface area contributed by atoms with Gasteiger partial charge in [-0.05, 0) is 61.4 Å². The standard InChI is InChI=1S/C30H35ClFN3O6S/c1-5-6-17-33-30(37)21(2)34(19-22-9-7-8-10-26(22)31)29(36)20-35(24-13-11-23(32)12-14-24)42(38,39)25-15-16-27(40-3)28(18-25)41-4/h7-16,18,21H,5-6,17,19-20H2,1-4H3,(H,33,37). The Labute approximate surface area is 251 Å². The molecule has 0 aromatic heterocycles. The number of nitrogens with one attached hydrogen (secondary N) is 1. The molecule has 12 heteroatoms. The van der Waals surface area contributed by atoms with E-state index in [9.17, 15) is 22.4 Å². The molecule has 1 unspecified atom stereocenters. The maximum atomic E-state index is 14.0. The first-order valence-corrected chi connectivity index (χ1v) is 15.2. The largest absolute Gasteiger partial charge is 0.493 e. The molecule has 226 valence electrons. The summed E-state index contributed by atoms with van der Waals surface area (Å²) in [5, 5.41) is 3.22. The second-order valence-corrected chi connectivity index (χ2v) is 11.7. The van der Waals surface area contributed by atoms with Crippen LogP contribution in [0.15, 0.2) is 71.6 Å². The van der Waals surface area contributed by atoms with E-state index in [4.69, 9.17) is 21.1 Å². The van der Waals surface area contributed by atoms with Crippen LogP contribution in [0.4, 0.5) is 10.1 Å². The molecule has 0 bridgehead atoms. The van der Waals surface area contributed by atoms with Gasteiger partial charge in [0.25, 0.3) is 10.0 Å². The van der Waals surface area contributed by atoms with Gasteiger partial charge < -0.3 is 19.7 Å². The molecule has 3 aromatic rings. The van der Waals surface area contributed by atoms with E-state index in [1.54, 1.807) is 31.2 Å². The smallest absolute Gasteiger partial charge is 0.264 e. The highest BCUT2D eigenvalue weighted by Gasteiger charge is 2.33. The minimum Gasteiger partial charge on any atom is -0.493 e. The first kappa shape index (κ1) is 32.7. The lowest BCUT2D eigenvalue weighted by atomic mass is 10.1. The average molecular weight is 620 g/mol. The second-order valence-electron chi connectivity index (χ2n) is 9.44. The minimum atomic E-state index is -4.40. The number of methoxy groups -OCH3 is 2. The summed E-state index contributed by atoms with van der Waals surface area (Å²) < 4.78 is 53.2. The third kappa shape index (κ3) is 7.92. The van der Waals surface area contributed by atoms with Crippen molar-refractivity contribution in [3.8, 4) is 11.5 Å². The summed E-state index contributed by atoms with van der Waals surface area (Å²) in [7, 11) is -1.61. The molecule has 0 aliphatic heterocycles. The number of ether oxygens (including phenoxy) is 2. The fourth-order valence-electron chi connectivity index (χ4n) is 4.17. The van der Waals surface area contributed by atoms with Gasteiger partial charge in [-0.15, -0.1) is 0 Å². The van der Waals surface area contributed by atoms with Crippen molar-refractivity contribution in [2.45, 2.75) is 44.2 Å². The third-order valence-corrected chi connectivity index (χ3v) is 8.77. The van der Waals surface area contributed by atoms with Gasteiger partial charge in [0.15, 0.2) is 11.5 Å². The van der Waals surface area contributed by atoms with E-state index in [0.29, 0.717) is 22.9 Å². The zero-order valence-corrected chi connectivity index (χ0v) is 25.5. The van der Waals surface area contributed by atoms with E-state index in [1.165, 1.54) is 49.5 Å². The number of carbonyl (C=O) groups excluding carboxylic acids is 2. The molecule has 1 atom stereocenters. The van der Waals surface area contributed by atoms with Gasteiger partial charge in [0.1, 0.15) is 18.4 Å². The molecule has 0 radical (unpaired) electrons. The van der Waals surface area contributed by atoms with E-state index >= 15 is 0 Å². The first-order chi connectivity index (χ1) is 20.0. The maximum absolute atomic E-state index is 14.0. The van der Waals surface area contributed by atoms with Gasteiger partial charge in [0.2, 0.25) is 11.8 Å². The molecule has 42 heavy (non-hydrogen) atoms. The number of sulfonamides is 1. The van der Waals surface area contributed by atoms with E-state index in [1.807, 2.05) is 6.92 Å². The molecular weight excluding hydrogens is 585 g/mol. The van der Waals surface area contributed by atoms with Crippen LogP contribution >= 0.6 is 11.6 Å². The zero-order valence-electron chi connectivity index (χ0n) is 24.0. The average Bonchev–Trinajstić information content (AvgIpc) is 2.99. The minimum absolute atomic E-state index is 0.0471. The maximum Gasteiger partial charge on any atom is 0.264 e. The van der Waals surface area contributed by atoms with Crippen LogP contribution in [0.25, 0.3) is 0 Å². The number of nitrogens with zero attached hydrogens (tertiary/aromatic N) is 2. The van der Waals surface area contributed by atoms with Crippen LogP contribution in [0.3, 0.4) is 0 Å². The number of amides is 2. The lowest BCUT2D eigenvalue weighted by Crippen LogP contribution is -2.51. The highest BCUT2D eigenvalue weighted by molar-refractivity contribution is 7.92. The van der Waals surface area contributed by atoms with Crippen molar-refractivity contribution in [3.05, 3.63) is 83.1 Å². The van der Waals surface area contributed by atoms with E-state index < -0.39 is 34.3 Å². The molecule has 0 heterocycles. The van der Waals surface area contributed by atoms with Gasteiger partial charge in [0, 0.05) is 24.2 Å². The number of unbranched alkanes of at least 4 members (excludes halogenated alkanes) is 1. The van der Waals surface area contributed by atoms with Crippen molar-refractivity contribution in [2.75, 3.05) is 31.6 Å². The lowest BCUT2D eigenvalue weighted by Gasteiger charge is -2.32.